The second kappa shape index (κ2) is 7.17. The number of amides is 1. The first kappa shape index (κ1) is 15.4. The molecule has 0 aliphatic carbocycles. The van der Waals surface area contributed by atoms with E-state index in [0.717, 1.165) is 16.0 Å². The molecule has 3 rings (SSSR count). The monoisotopic (exact) mass is 341 g/mol. The zero-order chi connectivity index (χ0) is 16.1. The first-order chi connectivity index (χ1) is 11.2. The van der Waals surface area contributed by atoms with Gasteiger partial charge in [-0.1, -0.05) is 29.8 Å². The third-order valence-corrected chi connectivity index (χ3v) is 4.13. The highest BCUT2D eigenvalue weighted by molar-refractivity contribution is 7.11. The standard InChI is InChI=1S/C17H12ClN3OS/c18-14-5-3-12(4-6-14)13-7-8-19-16(10-13)17(22)21-20-11-15-2-1-9-23-15/h1-11H,(H,21,22). The number of carbonyl (C=O) groups excluding carboxylic acids is 1. The summed E-state index contributed by atoms with van der Waals surface area (Å²) in [7, 11) is 0. The van der Waals surface area contributed by atoms with Gasteiger partial charge in [0.2, 0.25) is 0 Å². The molecular formula is C17H12ClN3OS. The molecule has 114 valence electrons. The number of halogens is 1. The molecule has 0 aliphatic heterocycles. The first-order valence-electron chi connectivity index (χ1n) is 6.81. The zero-order valence-corrected chi connectivity index (χ0v) is 13.5. The lowest BCUT2D eigenvalue weighted by Crippen LogP contribution is -2.18. The molecule has 2 heterocycles. The van der Waals surface area contributed by atoms with Gasteiger partial charge in [0.15, 0.2) is 0 Å². The van der Waals surface area contributed by atoms with Gasteiger partial charge in [-0.25, -0.2) is 5.43 Å². The largest absolute Gasteiger partial charge is 0.289 e. The second-order valence-electron chi connectivity index (χ2n) is 4.65. The van der Waals surface area contributed by atoms with Crippen LogP contribution < -0.4 is 5.43 Å². The number of hydrogen-bond donors (Lipinski definition) is 1. The van der Waals surface area contributed by atoms with Crippen LogP contribution in [0.3, 0.4) is 0 Å². The van der Waals surface area contributed by atoms with Crippen LogP contribution in [0.1, 0.15) is 15.4 Å². The topological polar surface area (TPSA) is 54.4 Å². The number of pyridine rings is 1. The molecule has 0 radical (unpaired) electrons. The predicted molar refractivity (Wildman–Crippen MR) is 94.1 cm³/mol. The number of rotatable bonds is 4. The summed E-state index contributed by atoms with van der Waals surface area (Å²) in [6.45, 7) is 0. The van der Waals surface area contributed by atoms with Gasteiger partial charge in [-0.3, -0.25) is 9.78 Å². The normalized spacial score (nSPS) is 10.8. The maximum absolute atomic E-state index is 12.1. The number of carbonyl (C=O) groups is 1. The fourth-order valence-electron chi connectivity index (χ4n) is 1.95. The molecule has 1 aromatic carbocycles. The Labute approximate surface area is 142 Å². The van der Waals surface area contributed by atoms with Crippen LogP contribution in [0.5, 0.6) is 0 Å². The minimum Gasteiger partial charge on any atom is -0.266 e. The zero-order valence-electron chi connectivity index (χ0n) is 11.9. The van der Waals surface area contributed by atoms with E-state index in [1.165, 1.54) is 0 Å². The quantitative estimate of drug-likeness (QED) is 0.570. The molecule has 1 N–H and O–H groups in total. The van der Waals surface area contributed by atoms with Crippen molar-refractivity contribution in [2.75, 3.05) is 0 Å². The van der Waals surface area contributed by atoms with Crippen molar-refractivity contribution < 1.29 is 4.79 Å². The Morgan fingerprint density at radius 3 is 2.74 bits per heavy atom. The molecule has 0 bridgehead atoms. The van der Waals surface area contributed by atoms with Gasteiger partial charge in [-0.05, 0) is 46.8 Å². The van der Waals surface area contributed by atoms with Crippen LogP contribution in [0.25, 0.3) is 11.1 Å². The fraction of sp³-hybridized carbons (Fsp3) is 0. The molecule has 0 atom stereocenters. The van der Waals surface area contributed by atoms with Crippen LogP contribution in [-0.4, -0.2) is 17.1 Å². The molecule has 0 saturated carbocycles. The number of hydrazone groups is 1. The maximum atomic E-state index is 12.1. The van der Waals surface area contributed by atoms with Gasteiger partial charge >= 0.3 is 0 Å². The van der Waals surface area contributed by atoms with E-state index in [4.69, 9.17) is 11.6 Å². The number of nitrogens with one attached hydrogen (secondary N) is 1. The smallest absolute Gasteiger partial charge is 0.266 e. The molecule has 0 fully saturated rings. The summed E-state index contributed by atoms with van der Waals surface area (Å²) in [4.78, 5) is 17.2. The van der Waals surface area contributed by atoms with E-state index in [2.05, 4.69) is 15.5 Å². The molecule has 0 spiro atoms. The van der Waals surface area contributed by atoms with E-state index in [1.54, 1.807) is 29.8 Å². The predicted octanol–water partition coefficient (Wildman–Crippen LogP) is 4.23. The SMILES string of the molecule is O=C(NN=Cc1cccs1)c1cc(-c2ccc(Cl)cc2)ccn1. The molecule has 2 aromatic heterocycles. The van der Waals surface area contributed by atoms with Gasteiger partial charge in [0.05, 0.1) is 6.21 Å². The first-order valence-corrected chi connectivity index (χ1v) is 8.07. The summed E-state index contributed by atoms with van der Waals surface area (Å²) in [5.74, 6) is -0.353. The van der Waals surface area contributed by atoms with Crippen LogP contribution in [-0.2, 0) is 0 Å². The summed E-state index contributed by atoms with van der Waals surface area (Å²) >= 11 is 7.43. The van der Waals surface area contributed by atoms with Crippen molar-refractivity contribution in [3.8, 4) is 11.1 Å². The molecule has 4 nitrogen and oxygen atoms in total. The van der Waals surface area contributed by atoms with Crippen molar-refractivity contribution in [1.29, 1.82) is 0 Å². The number of hydrogen-bond acceptors (Lipinski definition) is 4. The van der Waals surface area contributed by atoms with Gasteiger partial charge in [0.1, 0.15) is 5.69 Å². The highest BCUT2D eigenvalue weighted by Gasteiger charge is 2.08. The summed E-state index contributed by atoms with van der Waals surface area (Å²) < 4.78 is 0. The number of benzene rings is 1. The average molecular weight is 342 g/mol. The van der Waals surface area contributed by atoms with Crippen LogP contribution in [0.2, 0.25) is 5.02 Å². The van der Waals surface area contributed by atoms with Gasteiger partial charge in [-0.15, -0.1) is 11.3 Å². The van der Waals surface area contributed by atoms with Crippen molar-refractivity contribution in [3.63, 3.8) is 0 Å². The van der Waals surface area contributed by atoms with E-state index in [9.17, 15) is 4.79 Å². The van der Waals surface area contributed by atoms with E-state index >= 15 is 0 Å². The molecular weight excluding hydrogens is 330 g/mol. The lowest BCUT2D eigenvalue weighted by atomic mass is 10.1. The Hall–Kier alpha value is -2.50. The highest BCUT2D eigenvalue weighted by Crippen LogP contribution is 2.21. The lowest BCUT2D eigenvalue weighted by Gasteiger charge is -2.04. The Morgan fingerprint density at radius 1 is 1.17 bits per heavy atom. The number of thiophene rings is 1. The van der Waals surface area contributed by atoms with Crippen LogP contribution >= 0.6 is 22.9 Å². The van der Waals surface area contributed by atoms with Gasteiger partial charge in [0.25, 0.3) is 5.91 Å². The molecule has 0 aliphatic rings. The van der Waals surface area contributed by atoms with E-state index in [-0.39, 0.29) is 5.91 Å². The Morgan fingerprint density at radius 2 is 2.00 bits per heavy atom. The maximum Gasteiger partial charge on any atom is 0.289 e. The molecule has 0 saturated heterocycles. The van der Waals surface area contributed by atoms with Gasteiger partial charge in [0, 0.05) is 16.1 Å². The molecule has 3 aromatic rings. The van der Waals surface area contributed by atoms with E-state index in [1.807, 2.05) is 47.8 Å². The number of nitrogens with zero attached hydrogens (tertiary/aromatic N) is 2. The minimum atomic E-state index is -0.353. The molecule has 1 amide bonds. The lowest BCUT2D eigenvalue weighted by molar-refractivity contribution is 0.0950. The van der Waals surface area contributed by atoms with Crippen molar-refractivity contribution in [3.05, 3.63) is 75.7 Å². The van der Waals surface area contributed by atoms with Crippen LogP contribution in [0, 0.1) is 0 Å². The second-order valence-corrected chi connectivity index (χ2v) is 6.07. The van der Waals surface area contributed by atoms with Crippen LogP contribution in [0.15, 0.2) is 65.2 Å². The fourth-order valence-corrected chi connectivity index (χ4v) is 2.66. The van der Waals surface area contributed by atoms with Gasteiger partial charge < -0.3 is 0 Å². The molecule has 23 heavy (non-hydrogen) atoms. The van der Waals surface area contributed by atoms with Gasteiger partial charge in [-0.2, -0.15) is 5.10 Å². The molecule has 6 heteroatoms. The average Bonchev–Trinajstić information content (AvgIpc) is 3.09. The Kier molecular flexibility index (Phi) is 4.80. The van der Waals surface area contributed by atoms with E-state index in [0.29, 0.717) is 10.7 Å². The summed E-state index contributed by atoms with van der Waals surface area (Å²) in [6, 6.07) is 14.8. The van der Waals surface area contributed by atoms with Crippen molar-refractivity contribution in [1.82, 2.24) is 10.4 Å². The third kappa shape index (κ3) is 4.03. The van der Waals surface area contributed by atoms with E-state index < -0.39 is 0 Å². The van der Waals surface area contributed by atoms with Crippen molar-refractivity contribution in [2.24, 2.45) is 5.10 Å². The summed E-state index contributed by atoms with van der Waals surface area (Å²) in [5, 5.41) is 6.55. The summed E-state index contributed by atoms with van der Waals surface area (Å²) in [6.07, 6.45) is 3.20. The van der Waals surface area contributed by atoms with Crippen molar-refractivity contribution in [2.45, 2.75) is 0 Å². The van der Waals surface area contributed by atoms with Crippen LogP contribution in [0.4, 0.5) is 0 Å². The Balaban J connectivity index is 1.74. The third-order valence-electron chi connectivity index (χ3n) is 3.07. The van der Waals surface area contributed by atoms with Crippen molar-refractivity contribution >= 4 is 35.1 Å². The summed E-state index contributed by atoms with van der Waals surface area (Å²) in [5.41, 5.74) is 4.64. The number of aromatic nitrogens is 1. The Bertz CT molecular complexity index is 829. The molecule has 0 unspecified atom stereocenters. The minimum absolute atomic E-state index is 0.306. The highest BCUT2D eigenvalue weighted by atomic mass is 35.5.